The summed E-state index contributed by atoms with van der Waals surface area (Å²) in [7, 11) is 0. The molecule has 0 aromatic heterocycles. The number of rotatable bonds is 7. The van der Waals surface area contributed by atoms with Gasteiger partial charge in [-0.25, -0.2) is 0 Å². The smallest absolute Gasteiger partial charge is 0.230 e. The van der Waals surface area contributed by atoms with Gasteiger partial charge in [0.15, 0.2) is 0 Å². The van der Waals surface area contributed by atoms with Crippen molar-refractivity contribution in [2.24, 2.45) is 17.1 Å². The number of piperidine rings is 1. The molecule has 1 aliphatic heterocycles. The fourth-order valence-electron chi connectivity index (χ4n) is 2.82. The minimum Gasteiger partial charge on any atom is -0.378 e. The van der Waals surface area contributed by atoms with Gasteiger partial charge >= 0.3 is 0 Å². The van der Waals surface area contributed by atoms with E-state index >= 15 is 0 Å². The van der Waals surface area contributed by atoms with Crippen molar-refractivity contribution in [3.05, 3.63) is 0 Å². The van der Waals surface area contributed by atoms with Crippen LogP contribution in [0.3, 0.4) is 0 Å². The highest BCUT2D eigenvalue weighted by Gasteiger charge is 2.38. The van der Waals surface area contributed by atoms with Crippen LogP contribution in [-0.2, 0) is 9.53 Å². The van der Waals surface area contributed by atoms with Crippen molar-refractivity contribution in [3.8, 4) is 0 Å². The fourth-order valence-corrected chi connectivity index (χ4v) is 2.82. The van der Waals surface area contributed by atoms with Gasteiger partial charge in [-0.15, -0.1) is 12.4 Å². The molecule has 1 fully saturated rings. The fraction of sp³-hybridized carbons (Fsp3) is 0.938. The van der Waals surface area contributed by atoms with E-state index in [2.05, 4.69) is 27.7 Å². The second-order valence-electron chi connectivity index (χ2n) is 6.41. The summed E-state index contributed by atoms with van der Waals surface area (Å²) in [5.41, 5.74) is 5.52. The lowest BCUT2D eigenvalue weighted by Crippen LogP contribution is -2.51. The van der Waals surface area contributed by atoms with E-state index in [0.29, 0.717) is 18.6 Å². The highest BCUT2D eigenvalue weighted by molar-refractivity contribution is 5.85. The maximum Gasteiger partial charge on any atom is 0.230 e. The van der Waals surface area contributed by atoms with E-state index in [1.807, 2.05) is 4.90 Å². The monoisotopic (exact) mass is 320 g/mol. The molecule has 4 nitrogen and oxygen atoms in total. The van der Waals surface area contributed by atoms with E-state index in [9.17, 15) is 4.79 Å². The summed E-state index contributed by atoms with van der Waals surface area (Å²) in [6, 6.07) is 0. The molecule has 21 heavy (non-hydrogen) atoms. The highest BCUT2D eigenvalue weighted by Crippen LogP contribution is 2.29. The third-order valence-electron chi connectivity index (χ3n) is 4.59. The van der Waals surface area contributed by atoms with Crippen molar-refractivity contribution in [1.29, 1.82) is 0 Å². The van der Waals surface area contributed by atoms with Crippen LogP contribution in [0.2, 0.25) is 0 Å². The Labute approximate surface area is 136 Å². The summed E-state index contributed by atoms with van der Waals surface area (Å²) in [6.07, 6.45) is 3.86. The Morgan fingerprint density at radius 3 is 2.19 bits per heavy atom. The van der Waals surface area contributed by atoms with E-state index in [-0.39, 0.29) is 23.7 Å². The number of hydrogen-bond acceptors (Lipinski definition) is 3. The Balaban J connectivity index is 0.00000400. The van der Waals surface area contributed by atoms with Crippen molar-refractivity contribution >= 4 is 18.3 Å². The van der Waals surface area contributed by atoms with Crippen LogP contribution in [0, 0.1) is 11.3 Å². The summed E-state index contributed by atoms with van der Waals surface area (Å²) >= 11 is 0. The molecule has 0 unspecified atom stereocenters. The van der Waals surface area contributed by atoms with Crippen molar-refractivity contribution in [2.75, 3.05) is 26.2 Å². The number of nitrogens with zero attached hydrogens (tertiary/aromatic N) is 1. The van der Waals surface area contributed by atoms with Gasteiger partial charge in [-0.3, -0.25) is 4.79 Å². The molecular weight excluding hydrogens is 288 g/mol. The molecule has 0 spiro atoms. The van der Waals surface area contributed by atoms with Gasteiger partial charge in [0, 0.05) is 26.2 Å². The van der Waals surface area contributed by atoms with Crippen LogP contribution in [-0.4, -0.2) is 43.2 Å². The van der Waals surface area contributed by atoms with Gasteiger partial charge in [-0.1, -0.05) is 27.7 Å². The first kappa shape index (κ1) is 20.7. The maximum atomic E-state index is 12.7. The second-order valence-corrected chi connectivity index (χ2v) is 6.41. The molecule has 0 radical (unpaired) electrons. The summed E-state index contributed by atoms with van der Waals surface area (Å²) in [6.45, 7) is 11.3. The Hall–Kier alpha value is -0.320. The SMILES string of the molecule is CCC(CC)(CN)C(=O)N1CCC(OCC(C)C)CC1.Cl. The van der Waals surface area contributed by atoms with E-state index in [4.69, 9.17) is 10.5 Å². The molecule has 1 rings (SSSR count). The predicted octanol–water partition coefficient (Wildman–Crippen LogP) is 2.84. The zero-order valence-corrected chi connectivity index (χ0v) is 14.9. The molecule has 0 aromatic carbocycles. The first-order chi connectivity index (χ1) is 9.49. The molecule has 2 N–H and O–H groups in total. The Bertz CT molecular complexity index is 290. The third kappa shape index (κ3) is 5.42. The normalized spacial score (nSPS) is 17.0. The summed E-state index contributed by atoms with van der Waals surface area (Å²) < 4.78 is 5.87. The summed E-state index contributed by atoms with van der Waals surface area (Å²) in [5, 5.41) is 0. The highest BCUT2D eigenvalue weighted by atomic mass is 35.5. The number of ether oxygens (including phenoxy) is 1. The minimum atomic E-state index is -0.356. The Kier molecular flexibility index (Phi) is 9.50. The molecule has 0 aliphatic carbocycles. The molecule has 1 amide bonds. The number of amides is 1. The number of likely N-dealkylation sites (tertiary alicyclic amines) is 1. The molecular formula is C16H33ClN2O2. The van der Waals surface area contributed by atoms with Gasteiger partial charge in [0.1, 0.15) is 0 Å². The van der Waals surface area contributed by atoms with Crippen molar-refractivity contribution in [2.45, 2.75) is 59.5 Å². The van der Waals surface area contributed by atoms with Crippen LogP contribution in [0.1, 0.15) is 53.4 Å². The van der Waals surface area contributed by atoms with Crippen molar-refractivity contribution in [1.82, 2.24) is 4.90 Å². The van der Waals surface area contributed by atoms with E-state index in [0.717, 1.165) is 45.4 Å². The molecule has 0 bridgehead atoms. The zero-order valence-electron chi connectivity index (χ0n) is 14.1. The van der Waals surface area contributed by atoms with Gasteiger partial charge in [-0.2, -0.15) is 0 Å². The number of carbonyl (C=O) groups is 1. The average molecular weight is 321 g/mol. The van der Waals surface area contributed by atoms with Gasteiger partial charge in [0.25, 0.3) is 0 Å². The van der Waals surface area contributed by atoms with Crippen LogP contribution in [0.5, 0.6) is 0 Å². The van der Waals surface area contributed by atoms with Crippen molar-refractivity contribution < 1.29 is 9.53 Å². The van der Waals surface area contributed by atoms with Crippen LogP contribution >= 0.6 is 12.4 Å². The molecule has 0 saturated carbocycles. The number of carbonyl (C=O) groups excluding carboxylic acids is 1. The summed E-state index contributed by atoms with van der Waals surface area (Å²) in [4.78, 5) is 14.7. The lowest BCUT2D eigenvalue weighted by atomic mass is 9.80. The summed E-state index contributed by atoms with van der Waals surface area (Å²) in [5.74, 6) is 0.812. The standard InChI is InChI=1S/C16H32N2O2.ClH/c1-5-16(6-2,12-17)15(19)18-9-7-14(8-10-18)20-11-13(3)4;/h13-14H,5-12,17H2,1-4H3;1H. The van der Waals surface area contributed by atoms with Crippen LogP contribution < -0.4 is 5.73 Å². The molecule has 126 valence electrons. The molecule has 1 heterocycles. The largest absolute Gasteiger partial charge is 0.378 e. The van der Waals surface area contributed by atoms with Crippen molar-refractivity contribution in [3.63, 3.8) is 0 Å². The van der Waals surface area contributed by atoms with Gasteiger partial charge in [0.2, 0.25) is 5.91 Å². The van der Waals surface area contributed by atoms with E-state index < -0.39 is 0 Å². The first-order valence-electron chi connectivity index (χ1n) is 8.10. The van der Waals surface area contributed by atoms with Gasteiger partial charge in [-0.05, 0) is 31.6 Å². The molecule has 1 aliphatic rings. The minimum absolute atomic E-state index is 0. The van der Waals surface area contributed by atoms with Crippen LogP contribution in [0.15, 0.2) is 0 Å². The van der Waals surface area contributed by atoms with Crippen LogP contribution in [0.25, 0.3) is 0 Å². The average Bonchev–Trinajstić information content (AvgIpc) is 2.48. The lowest BCUT2D eigenvalue weighted by molar-refractivity contribution is -0.145. The number of nitrogens with two attached hydrogens (primary N) is 1. The topological polar surface area (TPSA) is 55.6 Å². The molecule has 1 saturated heterocycles. The molecule has 0 aromatic rings. The number of hydrogen-bond donors (Lipinski definition) is 1. The second kappa shape index (κ2) is 9.65. The van der Waals surface area contributed by atoms with Crippen LogP contribution in [0.4, 0.5) is 0 Å². The van der Waals surface area contributed by atoms with E-state index in [1.54, 1.807) is 0 Å². The predicted molar refractivity (Wildman–Crippen MR) is 89.7 cm³/mol. The van der Waals surface area contributed by atoms with Gasteiger partial charge < -0.3 is 15.4 Å². The number of halogens is 1. The first-order valence-corrected chi connectivity index (χ1v) is 8.10. The lowest BCUT2D eigenvalue weighted by Gasteiger charge is -2.39. The Morgan fingerprint density at radius 2 is 1.81 bits per heavy atom. The molecule has 0 atom stereocenters. The zero-order chi connectivity index (χ0) is 15.2. The quantitative estimate of drug-likeness (QED) is 0.784. The Morgan fingerprint density at radius 1 is 1.29 bits per heavy atom. The maximum absolute atomic E-state index is 12.7. The van der Waals surface area contributed by atoms with E-state index in [1.165, 1.54) is 0 Å². The molecule has 5 heteroatoms. The third-order valence-corrected chi connectivity index (χ3v) is 4.59. The van der Waals surface area contributed by atoms with Gasteiger partial charge in [0.05, 0.1) is 11.5 Å².